The predicted octanol–water partition coefficient (Wildman–Crippen LogP) is 0.380. The fourth-order valence-electron chi connectivity index (χ4n) is 1.95. The summed E-state index contributed by atoms with van der Waals surface area (Å²) in [6.07, 6.45) is 2.21. The molecule has 1 atom stereocenters. The Labute approximate surface area is 95.4 Å². The summed E-state index contributed by atoms with van der Waals surface area (Å²) < 4.78 is 7.26. The first kappa shape index (κ1) is 11.5. The highest BCUT2D eigenvalue weighted by Gasteiger charge is 2.19. The molecule has 1 aromatic rings. The van der Waals surface area contributed by atoms with Crippen LogP contribution in [-0.4, -0.2) is 40.5 Å². The number of ether oxygens (including phenoxy) is 1. The number of tetrazole rings is 1. The van der Waals surface area contributed by atoms with Gasteiger partial charge in [-0.2, -0.15) is 0 Å². The zero-order chi connectivity index (χ0) is 11.4. The molecule has 1 unspecified atom stereocenters. The molecule has 0 saturated carbocycles. The summed E-state index contributed by atoms with van der Waals surface area (Å²) >= 11 is 0. The van der Waals surface area contributed by atoms with Crippen molar-refractivity contribution < 1.29 is 4.74 Å². The number of rotatable bonds is 4. The van der Waals surface area contributed by atoms with E-state index in [2.05, 4.69) is 27.8 Å². The summed E-state index contributed by atoms with van der Waals surface area (Å²) in [5.74, 6) is 1.55. The van der Waals surface area contributed by atoms with Crippen molar-refractivity contribution in [3.63, 3.8) is 0 Å². The number of nitrogens with zero attached hydrogens (tertiary/aromatic N) is 4. The molecule has 2 heterocycles. The van der Waals surface area contributed by atoms with Crippen LogP contribution in [0.5, 0.6) is 0 Å². The Hall–Kier alpha value is -1.01. The van der Waals surface area contributed by atoms with Crippen LogP contribution in [0.15, 0.2) is 0 Å². The highest BCUT2D eigenvalue weighted by Crippen LogP contribution is 2.18. The van der Waals surface area contributed by atoms with Gasteiger partial charge >= 0.3 is 0 Å². The van der Waals surface area contributed by atoms with E-state index in [0.717, 1.165) is 38.4 Å². The van der Waals surface area contributed by atoms with Crippen molar-refractivity contribution in [1.82, 2.24) is 25.5 Å². The van der Waals surface area contributed by atoms with E-state index in [4.69, 9.17) is 4.74 Å². The van der Waals surface area contributed by atoms with Crippen LogP contribution in [0.4, 0.5) is 0 Å². The molecule has 0 spiro atoms. The monoisotopic (exact) mass is 225 g/mol. The van der Waals surface area contributed by atoms with Crippen LogP contribution < -0.4 is 5.32 Å². The van der Waals surface area contributed by atoms with Gasteiger partial charge in [0.2, 0.25) is 0 Å². The summed E-state index contributed by atoms with van der Waals surface area (Å²) in [5.41, 5.74) is 0. The average Bonchev–Trinajstić information content (AvgIpc) is 2.77. The normalized spacial score (nSPS) is 19.9. The molecule has 0 aliphatic carbocycles. The van der Waals surface area contributed by atoms with Crippen molar-refractivity contribution in [2.24, 2.45) is 5.92 Å². The topological polar surface area (TPSA) is 64.9 Å². The smallest absolute Gasteiger partial charge is 0.167 e. The van der Waals surface area contributed by atoms with Crippen LogP contribution >= 0.6 is 0 Å². The Bertz CT molecular complexity index is 321. The Morgan fingerprint density at radius 1 is 1.50 bits per heavy atom. The molecule has 6 heteroatoms. The van der Waals surface area contributed by atoms with Gasteiger partial charge in [-0.15, -0.1) is 5.10 Å². The number of hydrogen-bond acceptors (Lipinski definition) is 5. The number of aromatic nitrogens is 4. The van der Waals surface area contributed by atoms with Crippen LogP contribution in [0.25, 0.3) is 0 Å². The van der Waals surface area contributed by atoms with E-state index < -0.39 is 0 Å². The highest BCUT2D eigenvalue weighted by atomic mass is 16.5. The molecule has 1 saturated heterocycles. The maximum absolute atomic E-state index is 5.34. The lowest BCUT2D eigenvalue weighted by atomic mass is 10.0. The average molecular weight is 225 g/mol. The molecule has 1 fully saturated rings. The molecule has 0 amide bonds. The van der Waals surface area contributed by atoms with Crippen molar-refractivity contribution in [3.05, 3.63) is 5.82 Å². The molecule has 1 aliphatic rings. The Morgan fingerprint density at radius 3 is 2.94 bits per heavy atom. The van der Waals surface area contributed by atoms with Crippen LogP contribution in [0.3, 0.4) is 0 Å². The van der Waals surface area contributed by atoms with Gasteiger partial charge in [0, 0.05) is 19.8 Å². The third-order valence-corrected chi connectivity index (χ3v) is 3.15. The van der Waals surface area contributed by atoms with E-state index in [-0.39, 0.29) is 6.04 Å². The van der Waals surface area contributed by atoms with E-state index in [9.17, 15) is 0 Å². The van der Waals surface area contributed by atoms with Gasteiger partial charge in [-0.3, -0.25) is 0 Å². The van der Waals surface area contributed by atoms with Crippen LogP contribution in [-0.2, 0) is 11.3 Å². The molecular formula is C10H19N5O. The summed E-state index contributed by atoms with van der Waals surface area (Å²) in [7, 11) is 1.91. The van der Waals surface area contributed by atoms with Gasteiger partial charge in [0.05, 0.1) is 6.04 Å². The highest BCUT2D eigenvalue weighted by molar-refractivity contribution is 4.89. The van der Waals surface area contributed by atoms with E-state index in [1.807, 2.05) is 11.7 Å². The molecule has 0 radical (unpaired) electrons. The second-order valence-corrected chi connectivity index (χ2v) is 4.29. The third kappa shape index (κ3) is 2.56. The van der Waals surface area contributed by atoms with Gasteiger partial charge in [-0.1, -0.05) is 0 Å². The summed E-state index contributed by atoms with van der Waals surface area (Å²) in [6, 6.07) is 0.190. The largest absolute Gasteiger partial charge is 0.381 e. The first-order valence-electron chi connectivity index (χ1n) is 5.82. The minimum atomic E-state index is 0.190. The van der Waals surface area contributed by atoms with Gasteiger partial charge in [0.25, 0.3) is 0 Å². The van der Waals surface area contributed by atoms with Crippen LogP contribution in [0.2, 0.25) is 0 Å². The van der Waals surface area contributed by atoms with E-state index in [0.29, 0.717) is 5.92 Å². The predicted molar refractivity (Wildman–Crippen MR) is 58.8 cm³/mol. The summed E-state index contributed by atoms with van der Waals surface area (Å²) in [6.45, 7) is 4.69. The molecule has 2 rings (SSSR count). The van der Waals surface area contributed by atoms with Gasteiger partial charge < -0.3 is 10.1 Å². The zero-order valence-corrected chi connectivity index (χ0v) is 9.89. The van der Waals surface area contributed by atoms with Gasteiger partial charge in [0.1, 0.15) is 0 Å². The zero-order valence-electron chi connectivity index (χ0n) is 9.89. The molecule has 6 nitrogen and oxygen atoms in total. The third-order valence-electron chi connectivity index (χ3n) is 3.15. The van der Waals surface area contributed by atoms with Gasteiger partial charge in [0.15, 0.2) is 5.82 Å². The van der Waals surface area contributed by atoms with Crippen molar-refractivity contribution in [2.45, 2.75) is 32.4 Å². The van der Waals surface area contributed by atoms with Crippen LogP contribution in [0.1, 0.15) is 31.6 Å². The van der Waals surface area contributed by atoms with Crippen molar-refractivity contribution in [1.29, 1.82) is 0 Å². The standard InChI is InChI=1S/C10H19N5O/c1-8(11-2)10-12-13-14-15(10)7-9-3-5-16-6-4-9/h8-9,11H,3-7H2,1-2H3. The minimum absolute atomic E-state index is 0.190. The quantitative estimate of drug-likeness (QED) is 0.802. The van der Waals surface area contributed by atoms with Crippen molar-refractivity contribution in [3.8, 4) is 0 Å². The molecule has 1 N–H and O–H groups in total. The lowest BCUT2D eigenvalue weighted by molar-refractivity contribution is 0.0595. The molecular weight excluding hydrogens is 206 g/mol. The van der Waals surface area contributed by atoms with Gasteiger partial charge in [-0.05, 0) is 43.2 Å². The van der Waals surface area contributed by atoms with Crippen molar-refractivity contribution >= 4 is 0 Å². The maximum Gasteiger partial charge on any atom is 0.167 e. The molecule has 0 bridgehead atoms. The SMILES string of the molecule is CNC(C)c1nnnn1CC1CCOCC1. The fraction of sp³-hybridized carbons (Fsp3) is 0.900. The molecule has 1 aliphatic heterocycles. The van der Waals surface area contributed by atoms with Crippen LogP contribution in [0, 0.1) is 5.92 Å². The second-order valence-electron chi connectivity index (χ2n) is 4.29. The molecule has 1 aromatic heterocycles. The summed E-state index contributed by atoms with van der Waals surface area (Å²) in [5, 5.41) is 15.0. The van der Waals surface area contributed by atoms with E-state index in [1.165, 1.54) is 0 Å². The molecule has 0 aromatic carbocycles. The molecule has 16 heavy (non-hydrogen) atoms. The van der Waals surface area contributed by atoms with E-state index >= 15 is 0 Å². The Balaban J connectivity index is 2.00. The number of nitrogens with one attached hydrogen (secondary N) is 1. The van der Waals surface area contributed by atoms with E-state index in [1.54, 1.807) is 0 Å². The minimum Gasteiger partial charge on any atom is -0.381 e. The lowest BCUT2D eigenvalue weighted by Crippen LogP contribution is -2.24. The summed E-state index contributed by atoms with van der Waals surface area (Å²) in [4.78, 5) is 0. The number of hydrogen-bond donors (Lipinski definition) is 1. The van der Waals surface area contributed by atoms with Gasteiger partial charge in [-0.25, -0.2) is 4.68 Å². The fourth-order valence-corrected chi connectivity index (χ4v) is 1.95. The van der Waals surface area contributed by atoms with Crippen molar-refractivity contribution in [2.75, 3.05) is 20.3 Å². The maximum atomic E-state index is 5.34. The first-order valence-corrected chi connectivity index (χ1v) is 5.82. The Morgan fingerprint density at radius 2 is 2.25 bits per heavy atom. The second kappa shape index (κ2) is 5.36. The lowest BCUT2D eigenvalue weighted by Gasteiger charge is -2.22. The Kier molecular flexibility index (Phi) is 3.84. The first-order chi connectivity index (χ1) is 7.81. The molecule has 90 valence electrons.